The van der Waals surface area contributed by atoms with E-state index < -0.39 is 16.9 Å². The van der Waals surface area contributed by atoms with Crippen molar-refractivity contribution in [1.29, 1.82) is 0 Å². The predicted octanol–water partition coefficient (Wildman–Crippen LogP) is -6.42. The van der Waals surface area contributed by atoms with Crippen LogP contribution in [0.4, 0.5) is 0 Å². The molecule has 8 nitrogen and oxygen atoms in total. The summed E-state index contributed by atoms with van der Waals surface area (Å²) in [5, 5.41) is 0. The average Bonchev–Trinajstić information content (AvgIpc) is 1.12. The van der Waals surface area contributed by atoms with Crippen molar-refractivity contribution in [2.75, 3.05) is 0 Å². The molecule has 7 N–H and O–H groups in total. The zero-order valence-electron chi connectivity index (χ0n) is 6.99. The van der Waals surface area contributed by atoms with E-state index in [1.807, 2.05) is 0 Å². The fourth-order valence-electron chi connectivity index (χ4n) is 0. The molecule has 0 spiro atoms. The fourth-order valence-corrected chi connectivity index (χ4v) is 0. The molecule has 12 heteroatoms. The van der Waals surface area contributed by atoms with Gasteiger partial charge in [0.05, 0.1) is 0 Å². The van der Waals surface area contributed by atoms with Crippen molar-refractivity contribution in [3.63, 3.8) is 0 Å². The van der Waals surface area contributed by atoms with Crippen LogP contribution in [-0.2, 0) is 30.8 Å². The molecule has 0 rings (SSSR count). The van der Waals surface area contributed by atoms with Crippen molar-refractivity contribution in [3.8, 4) is 0 Å². The predicted molar refractivity (Wildman–Crippen MR) is 30.0 cm³/mol. The van der Waals surface area contributed by atoms with Gasteiger partial charge in [0.1, 0.15) is 0 Å². The molecule has 0 atom stereocenters. The standard InChI is InChI=1S/Na.H3O4P.H4O4Si.Zr.H/c;2*1-5(2,3)4;;/h;(H3,1,2,3,4);1-4H;;/q+1;;;;-1. The van der Waals surface area contributed by atoms with E-state index in [1.165, 1.54) is 0 Å². The Balaban J connectivity index is -0.0000000267. The number of rotatable bonds is 0. The largest absolute Gasteiger partial charge is 1.00 e. The van der Waals surface area contributed by atoms with Gasteiger partial charge in [0.25, 0.3) is 0 Å². The quantitative estimate of drug-likeness (QED) is 0.172. The van der Waals surface area contributed by atoms with E-state index in [0.29, 0.717) is 0 Å². The van der Waals surface area contributed by atoms with Crippen molar-refractivity contribution < 1.29 is 95.6 Å². The van der Waals surface area contributed by atoms with Crippen molar-refractivity contribution in [1.82, 2.24) is 0 Å². The van der Waals surface area contributed by atoms with Crippen LogP contribution >= 0.6 is 7.82 Å². The Morgan fingerprint density at radius 2 is 1.00 bits per heavy atom. The van der Waals surface area contributed by atoms with Gasteiger partial charge in [0.2, 0.25) is 0 Å². The average molecular weight is 309 g/mol. The van der Waals surface area contributed by atoms with Crippen LogP contribution in [0.5, 0.6) is 0 Å². The molecule has 0 fully saturated rings. The summed E-state index contributed by atoms with van der Waals surface area (Å²) in [6.45, 7) is 0. The summed E-state index contributed by atoms with van der Waals surface area (Å²) < 4.78 is 8.88. The maximum Gasteiger partial charge on any atom is 1.00 e. The first-order valence-electron chi connectivity index (χ1n) is 1.68. The molecule has 0 heterocycles. The van der Waals surface area contributed by atoms with E-state index in [4.69, 9.17) is 38.4 Å². The first-order valence-corrected chi connectivity index (χ1v) is 5.03. The minimum Gasteiger partial charge on any atom is -1.00 e. The molecule has 0 amide bonds. The van der Waals surface area contributed by atoms with Crippen LogP contribution in [0.3, 0.4) is 0 Å². The van der Waals surface area contributed by atoms with Crippen LogP contribution < -0.4 is 29.6 Å². The molecule has 0 unspecified atom stereocenters. The summed E-state index contributed by atoms with van der Waals surface area (Å²) in [6, 6.07) is 0. The summed E-state index contributed by atoms with van der Waals surface area (Å²) in [5.41, 5.74) is 0. The summed E-state index contributed by atoms with van der Waals surface area (Å²) >= 11 is 0. The third-order valence-electron chi connectivity index (χ3n) is 0. The van der Waals surface area contributed by atoms with Crippen LogP contribution in [0.2, 0.25) is 0 Å². The third-order valence-corrected chi connectivity index (χ3v) is 0. The molecular weight excluding hydrogens is 301 g/mol. The minimum absolute atomic E-state index is 0. The van der Waals surface area contributed by atoms with Crippen LogP contribution in [0.25, 0.3) is 0 Å². The Labute approximate surface area is 112 Å². The van der Waals surface area contributed by atoms with Gasteiger partial charge in [-0.15, -0.1) is 0 Å². The molecular formula is H8NaO8PSiZr. The topological polar surface area (TPSA) is 159 Å². The molecule has 0 aliphatic carbocycles. The maximum absolute atomic E-state index is 8.88. The van der Waals surface area contributed by atoms with Gasteiger partial charge in [-0.1, -0.05) is 0 Å². The smallest absolute Gasteiger partial charge is 1.00 e. The second kappa shape index (κ2) is 9.60. The molecule has 0 saturated carbocycles. The second-order valence-corrected chi connectivity index (χ2v) is 3.34. The zero-order chi connectivity index (χ0) is 9.00. The van der Waals surface area contributed by atoms with Gasteiger partial charge in [-0.3, -0.25) is 0 Å². The molecule has 0 aromatic rings. The van der Waals surface area contributed by atoms with Crippen molar-refractivity contribution in [3.05, 3.63) is 0 Å². The van der Waals surface area contributed by atoms with E-state index in [2.05, 4.69) is 0 Å². The summed E-state index contributed by atoms with van der Waals surface area (Å²) in [5.74, 6) is 0. The van der Waals surface area contributed by atoms with Crippen molar-refractivity contribution in [2.45, 2.75) is 0 Å². The zero-order valence-corrected chi connectivity index (χ0v) is 12.3. The van der Waals surface area contributed by atoms with Gasteiger partial charge in [-0.2, -0.15) is 0 Å². The SMILES string of the molecule is O=P(O)(O)O.O[Si](O)(O)O.[H-].[Na+].[Zr]. The van der Waals surface area contributed by atoms with E-state index in [9.17, 15) is 0 Å². The van der Waals surface area contributed by atoms with Crippen LogP contribution in [0, 0.1) is 0 Å². The molecule has 0 aromatic heterocycles. The first-order chi connectivity index (χ1) is 4.00. The Morgan fingerprint density at radius 1 is 1.00 bits per heavy atom. The molecule has 0 aliphatic rings. The Morgan fingerprint density at radius 3 is 1.00 bits per heavy atom. The monoisotopic (exact) mass is 308 g/mol. The molecule has 0 bridgehead atoms. The van der Waals surface area contributed by atoms with Crippen molar-refractivity contribution in [2.24, 2.45) is 0 Å². The third kappa shape index (κ3) is 350. The summed E-state index contributed by atoms with van der Waals surface area (Å²) in [6.07, 6.45) is 0. The molecule has 0 saturated heterocycles. The fraction of sp³-hybridized carbons (Fsp3) is 0. The van der Waals surface area contributed by atoms with Gasteiger partial charge >= 0.3 is 46.4 Å². The molecule has 0 aliphatic heterocycles. The molecule has 0 radical (unpaired) electrons. The maximum atomic E-state index is 8.88. The number of hydrogen-bond donors (Lipinski definition) is 7. The molecule has 70 valence electrons. The summed E-state index contributed by atoms with van der Waals surface area (Å²) in [4.78, 5) is 50.9. The van der Waals surface area contributed by atoms with Crippen LogP contribution in [-0.4, -0.2) is 42.9 Å². The number of hydrogen-bond acceptors (Lipinski definition) is 5. The van der Waals surface area contributed by atoms with Crippen molar-refractivity contribution >= 4 is 16.9 Å². The van der Waals surface area contributed by atoms with Gasteiger partial charge < -0.3 is 35.3 Å². The van der Waals surface area contributed by atoms with Crippen LogP contribution in [0.1, 0.15) is 1.43 Å². The normalized spacial score (nSPS) is 9.92. The first kappa shape index (κ1) is 23.7. The van der Waals surface area contributed by atoms with Gasteiger partial charge in [0.15, 0.2) is 0 Å². The van der Waals surface area contributed by atoms with E-state index in [0.717, 1.165) is 0 Å². The Kier molecular flexibility index (Phi) is 19.0. The van der Waals surface area contributed by atoms with Gasteiger partial charge in [-0.05, 0) is 0 Å². The van der Waals surface area contributed by atoms with E-state index in [-0.39, 0.29) is 57.2 Å². The molecule has 12 heavy (non-hydrogen) atoms. The Hall–Kier alpha value is 2.05. The molecule has 0 aromatic carbocycles. The second-order valence-electron chi connectivity index (χ2n) is 1.11. The minimum atomic E-state index is -4.64. The van der Waals surface area contributed by atoms with Gasteiger partial charge in [-0.25, -0.2) is 4.57 Å². The van der Waals surface area contributed by atoms with Crippen LogP contribution in [0.15, 0.2) is 0 Å². The van der Waals surface area contributed by atoms with E-state index >= 15 is 0 Å². The van der Waals surface area contributed by atoms with E-state index in [1.54, 1.807) is 0 Å². The van der Waals surface area contributed by atoms with Gasteiger partial charge in [0, 0.05) is 26.2 Å². The summed E-state index contributed by atoms with van der Waals surface area (Å²) in [7, 11) is -9.25. The number of phosphoric acid groups is 1. The Bertz CT molecular complexity index is 116.